The SMILES string of the molecule is CN(Cc1ccc(COc2ccc(C#Cc3ccc(C(F)(F)C(O)(Cn4cnnn4)c4ccc(F)cc4F)nc3)cc2)cc1)CC(C)(C)O. The highest BCUT2D eigenvalue weighted by Crippen LogP contribution is 2.46. The van der Waals surface area contributed by atoms with E-state index in [9.17, 15) is 19.0 Å². The van der Waals surface area contributed by atoms with Gasteiger partial charge in [-0.3, -0.25) is 9.88 Å². The van der Waals surface area contributed by atoms with Gasteiger partial charge in [0.1, 0.15) is 36.0 Å². The van der Waals surface area contributed by atoms with E-state index in [1.54, 1.807) is 38.1 Å². The maximum absolute atomic E-state index is 16.0. The van der Waals surface area contributed by atoms with Crippen LogP contribution in [0.2, 0.25) is 0 Å². The third-order valence-electron chi connectivity index (χ3n) is 7.51. The van der Waals surface area contributed by atoms with Gasteiger partial charge < -0.3 is 14.9 Å². The topological polar surface area (TPSA) is 109 Å². The fraction of sp³-hybridized carbons (Fsp3) is 0.278. The first-order chi connectivity index (χ1) is 23.2. The monoisotopic (exact) mass is 674 g/mol. The number of rotatable bonds is 12. The Hall–Kier alpha value is -5.16. The Kier molecular flexibility index (Phi) is 10.4. The number of aromatic nitrogens is 5. The van der Waals surface area contributed by atoms with Crippen molar-refractivity contribution in [2.24, 2.45) is 0 Å². The molecule has 5 aromatic rings. The van der Waals surface area contributed by atoms with Gasteiger partial charge in [-0.2, -0.15) is 8.78 Å². The minimum absolute atomic E-state index is 0.312. The van der Waals surface area contributed by atoms with Gasteiger partial charge in [-0.25, -0.2) is 13.5 Å². The number of halogens is 4. The third-order valence-corrected chi connectivity index (χ3v) is 7.51. The molecule has 0 aliphatic rings. The fourth-order valence-electron chi connectivity index (χ4n) is 5.25. The van der Waals surface area contributed by atoms with Crippen molar-refractivity contribution >= 4 is 0 Å². The average molecular weight is 675 g/mol. The van der Waals surface area contributed by atoms with Crippen molar-refractivity contribution in [2.75, 3.05) is 13.6 Å². The lowest BCUT2D eigenvalue weighted by atomic mass is 9.84. The summed E-state index contributed by atoms with van der Waals surface area (Å²) in [7, 11) is 1.96. The number of tetrazole rings is 1. The molecule has 0 aliphatic heterocycles. The summed E-state index contributed by atoms with van der Waals surface area (Å²) in [5.41, 5.74) is -2.65. The van der Waals surface area contributed by atoms with Crippen LogP contribution in [0.4, 0.5) is 17.6 Å². The van der Waals surface area contributed by atoms with Crippen LogP contribution in [0, 0.1) is 23.5 Å². The zero-order valence-corrected chi connectivity index (χ0v) is 27.0. The molecule has 2 aromatic heterocycles. The van der Waals surface area contributed by atoms with Gasteiger partial charge in [-0.05, 0) is 91.0 Å². The highest BCUT2D eigenvalue weighted by molar-refractivity contribution is 5.44. The molecular formula is C36H34F4N6O3. The number of benzene rings is 3. The Morgan fingerprint density at radius 1 is 0.878 bits per heavy atom. The number of nitrogens with zero attached hydrogens (tertiary/aromatic N) is 6. The highest BCUT2D eigenvalue weighted by atomic mass is 19.3. The number of alkyl halides is 2. The first-order valence-corrected chi connectivity index (χ1v) is 15.2. The van der Waals surface area contributed by atoms with Crippen LogP contribution in [0.1, 0.15) is 47.4 Å². The molecule has 49 heavy (non-hydrogen) atoms. The Balaban J connectivity index is 1.22. The van der Waals surface area contributed by atoms with E-state index in [-0.39, 0.29) is 0 Å². The predicted octanol–water partition coefficient (Wildman–Crippen LogP) is 5.21. The summed E-state index contributed by atoms with van der Waals surface area (Å²) in [5, 5.41) is 31.6. The van der Waals surface area contributed by atoms with E-state index in [0.717, 1.165) is 46.5 Å². The van der Waals surface area contributed by atoms with Crippen molar-refractivity contribution in [3.05, 3.63) is 137 Å². The summed E-state index contributed by atoms with van der Waals surface area (Å²) in [4.78, 5) is 5.89. The van der Waals surface area contributed by atoms with Crippen LogP contribution < -0.4 is 4.74 Å². The molecule has 13 heteroatoms. The van der Waals surface area contributed by atoms with Crippen LogP contribution in [-0.2, 0) is 31.2 Å². The van der Waals surface area contributed by atoms with Crippen LogP contribution >= 0.6 is 0 Å². The molecule has 1 atom stereocenters. The van der Waals surface area contributed by atoms with Crippen molar-refractivity contribution in [3.63, 3.8) is 0 Å². The number of pyridine rings is 1. The minimum Gasteiger partial charge on any atom is -0.489 e. The van der Waals surface area contributed by atoms with Gasteiger partial charge >= 0.3 is 5.92 Å². The van der Waals surface area contributed by atoms with Crippen LogP contribution in [0.25, 0.3) is 0 Å². The Morgan fingerprint density at radius 2 is 1.55 bits per heavy atom. The van der Waals surface area contributed by atoms with Crippen molar-refractivity contribution in [3.8, 4) is 17.6 Å². The molecule has 5 rings (SSSR count). The summed E-state index contributed by atoms with van der Waals surface area (Å²) in [5.74, 6) is -0.0967. The third kappa shape index (κ3) is 8.85. The molecule has 0 radical (unpaired) electrons. The summed E-state index contributed by atoms with van der Waals surface area (Å²) in [6.45, 7) is 4.24. The molecule has 0 amide bonds. The molecule has 0 spiro atoms. The minimum atomic E-state index is -4.17. The van der Waals surface area contributed by atoms with Crippen LogP contribution in [-0.4, -0.2) is 59.5 Å². The first-order valence-electron chi connectivity index (χ1n) is 15.2. The van der Waals surface area contributed by atoms with Gasteiger partial charge in [0, 0.05) is 42.0 Å². The van der Waals surface area contributed by atoms with Crippen molar-refractivity contribution in [1.82, 2.24) is 30.1 Å². The van der Waals surface area contributed by atoms with E-state index in [1.165, 1.54) is 6.07 Å². The molecule has 0 saturated heterocycles. The first kappa shape index (κ1) is 35.2. The summed E-state index contributed by atoms with van der Waals surface area (Å²) >= 11 is 0. The van der Waals surface area contributed by atoms with Gasteiger partial charge in [0.15, 0.2) is 5.60 Å². The standard InChI is InChI=1S/C36H34F4N6O3/c1-34(2,47)22-45(3)20-27-6-8-28(9-7-27)21-49-30-14-10-25(11-15-30)4-5-26-12-17-33(41-19-26)36(39,40)35(48,23-46-24-42-43-44-46)31-16-13-29(37)18-32(31)38/h6-19,24,47-48H,20-23H2,1-3H3. The predicted molar refractivity (Wildman–Crippen MR) is 172 cm³/mol. The van der Waals surface area contributed by atoms with Crippen molar-refractivity contribution < 1.29 is 32.5 Å². The van der Waals surface area contributed by atoms with Gasteiger partial charge in [0.25, 0.3) is 0 Å². The number of hydrogen-bond acceptors (Lipinski definition) is 8. The molecular weight excluding hydrogens is 640 g/mol. The lowest BCUT2D eigenvalue weighted by molar-refractivity contribution is -0.207. The van der Waals surface area contributed by atoms with Crippen molar-refractivity contribution in [1.29, 1.82) is 0 Å². The average Bonchev–Trinajstić information content (AvgIpc) is 3.56. The summed E-state index contributed by atoms with van der Waals surface area (Å²) in [6, 6.07) is 19.3. The second-order valence-electron chi connectivity index (χ2n) is 12.4. The van der Waals surface area contributed by atoms with E-state index in [4.69, 9.17) is 4.74 Å². The van der Waals surface area contributed by atoms with E-state index in [2.05, 4.69) is 37.3 Å². The number of ether oxygens (including phenoxy) is 1. The molecule has 0 aliphatic carbocycles. The normalized spacial score (nSPS) is 13.1. The Labute approximate surface area is 280 Å². The molecule has 2 N–H and O–H groups in total. The lowest BCUT2D eigenvalue weighted by Gasteiger charge is -2.35. The van der Waals surface area contributed by atoms with E-state index in [0.29, 0.717) is 42.6 Å². The van der Waals surface area contributed by atoms with Crippen LogP contribution in [0.3, 0.4) is 0 Å². The molecule has 0 fully saturated rings. The second-order valence-corrected chi connectivity index (χ2v) is 12.4. The quantitative estimate of drug-likeness (QED) is 0.137. The van der Waals surface area contributed by atoms with Gasteiger partial charge in [0.2, 0.25) is 0 Å². The number of hydrogen-bond donors (Lipinski definition) is 2. The maximum atomic E-state index is 16.0. The molecule has 3 aromatic carbocycles. The maximum Gasteiger partial charge on any atom is 0.323 e. The smallest absolute Gasteiger partial charge is 0.323 e. The molecule has 0 saturated carbocycles. The van der Waals surface area contributed by atoms with E-state index in [1.807, 2.05) is 31.3 Å². The lowest BCUT2D eigenvalue weighted by Crippen LogP contribution is -2.48. The fourth-order valence-corrected chi connectivity index (χ4v) is 5.25. The molecule has 2 heterocycles. The summed E-state index contributed by atoms with van der Waals surface area (Å²) < 4.78 is 66.9. The highest BCUT2D eigenvalue weighted by Gasteiger charge is 2.58. The van der Waals surface area contributed by atoms with E-state index < -0.39 is 46.6 Å². The van der Waals surface area contributed by atoms with Gasteiger partial charge in [0.05, 0.1) is 12.1 Å². The van der Waals surface area contributed by atoms with Crippen molar-refractivity contribution in [2.45, 2.75) is 50.7 Å². The van der Waals surface area contributed by atoms with Gasteiger partial charge in [-0.1, -0.05) is 36.1 Å². The largest absolute Gasteiger partial charge is 0.489 e. The second kappa shape index (κ2) is 14.5. The molecule has 9 nitrogen and oxygen atoms in total. The number of likely N-dealkylation sites (N-methyl/N-ethyl adjacent to an activating group) is 1. The molecule has 254 valence electrons. The van der Waals surface area contributed by atoms with Crippen LogP contribution in [0.5, 0.6) is 5.75 Å². The number of aliphatic hydroxyl groups is 2. The van der Waals surface area contributed by atoms with Gasteiger partial charge in [-0.15, -0.1) is 5.10 Å². The van der Waals surface area contributed by atoms with Crippen LogP contribution in [0.15, 0.2) is 91.4 Å². The Bertz CT molecular complexity index is 1900. The van der Waals surface area contributed by atoms with E-state index >= 15 is 8.78 Å². The zero-order valence-electron chi connectivity index (χ0n) is 27.0. The zero-order chi connectivity index (χ0) is 35.2. The molecule has 0 bridgehead atoms. The summed E-state index contributed by atoms with van der Waals surface area (Å²) in [6.07, 6.45) is 2.09. The Morgan fingerprint density at radius 3 is 2.16 bits per heavy atom. The molecule has 1 unspecified atom stereocenters.